The number of nitrogens with two attached hydrogens (primary N) is 1. The number of amides is 1. The minimum atomic E-state index is -1.23. The van der Waals surface area contributed by atoms with Gasteiger partial charge >= 0.3 is 12.1 Å². The summed E-state index contributed by atoms with van der Waals surface area (Å²) in [5.41, 5.74) is 12.6. The van der Waals surface area contributed by atoms with Crippen molar-refractivity contribution in [2.75, 3.05) is 27.4 Å². The zero-order valence-electron chi connectivity index (χ0n) is 46.4. The van der Waals surface area contributed by atoms with Crippen LogP contribution in [0, 0.1) is 0 Å². The number of fused-ring (bicyclic) bond motifs is 4. The molecule has 0 aliphatic heterocycles. The van der Waals surface area contributed by atoms with Crippen LogP contribution in [0.3, 0.4) is 0 Å². The van der Waals surface area contributed by atoms with E-state index in [2.05, 4.69) is 79.5 Å². The minimum absolute atomic E-state index is 0.0527. The zero-order chi connectivity index (χ0) is 55.2. The van der Waals surface area contributed by atoms with Crippen molar-refractivity contribution in [2.45, 2.75) is 124 Å². The first-order valence-corrected chi connectivity index (χ1v) is 33.0. The fraction of sp³-hybridized carbons (Fsp3) is 0.472. The maximum atomic E-state index is 12.4. The van der Waals surface area contributed by atoms with Crippen LogP contribution in [0.25, 0.3) is 66.9 Å². The second kappa shape index (κ2) is 23.8. The molecule has 0 saturated carbocycles. The Labute approximate surface area is 449 Å². The number of aromatic nitrogens is 10. The van der Waals surface area contributed by atoms with Crippen molar-refractivity contribution in [1.82, 2.24) is 48.6 Å². The molecule has 0 spiro atoms. The van der Waals surface area contributed by atoms with E-state index in [0.717, 1.165) is 85.9 Å². The van der Waals surface area contributed by atoms with Crippen LogP contribution in [0.15, 0.2) is 65.5 Å². The summed E-state index contributed by atoms with van der Waals surface area (Å²) in [6.07, 6.45) is 2.67. The van der Waals surface area contributed by atoms with E-state index in [-0.39, 0.29) is 12.4 Å². The number of nitrogens with zero attached hydrogens (tertiary/aromatic N) is 10. The van der Waals surface area contributed by atoms with Gasteiger partial charge in [0.2, 0.25) is 0 Å². The predicted molar refractivity (Wildman–Crippen MR) is 303 cm³/mol. The van der Waals surface area contributed by atoms with Crippen LogP contribution in [0.1, 0.15) is 47.2 Å². The summed E-state index contributed by atoms with van der Waals surface area (Å²) in [7, 11) is 4.81. The van der Waals surface area contributed by atoms with E-state index >= 15 is 0 Å². The third-order valence-corrected chi connectivity index (χ3v) is 15.2. The van der Waals surface area contributed by atoms with Crippen molar-refractivity contribution < 1.29 is 38.0 Å². The molecule has 0 aliphatic rings. The van der Waals surface area contributed by atoms with Crippen LogP contribution >= 0.6 is 15.9 Å². The first kappa shape index (κ1) is 58.1. The SMILES string of the molecule is CC(C)(C)OC(N)=O.COc1ccc2c(c1)c(-c1cc3nc(Br)cnc3n1COCC[Si](C)(C)C)nn2C.COc1ccc2c(c1)c(-c1cc3nc(CC(=O)OC(C)(C)C)cnc3n1COCC[Si](C)(C)C)nn2C. The monoisotopic (exact) mass is 1130 g/mol. The molecular weight excluding hydrogens is 1050 g/mol. The highest BCUT2D eigenvalue weighted by atomic mass is 79.9. The van der Waals surface area contributed by atoms with Gasteiger partial charge in [-0.2, -0.15) is 10.2 Å². The summed E-state index contributed by atoms with van der Waals surface area (Å²) in [6, 6.07) is 18.1. The molecule has 8 aromatic rings. The van der Waals surface area contributed by atoms with Crippen LogP contribution in [0.4, 0.5) is 4.79 Å². The van der Waals surface area contributed by atoms with Gasteiger partial charge in [0.05, 0.1) is 61.1 Å². The maximum absolute atomic E-state index is 12.4. The van der Waals surface area contributed by atoms with Gasteiger partial charge in [0.1, 0.15) is 63.2 Å². The highest BCUT2D eigenvalue weighted by Gasteiger charge is 2.24. The highest BCUT2D eigenvalue weighted by molar-refractivity contribution is 9.10. The molecule has 0 atom stereocenters. The van der Waals surface area contributed by atoms with E-state index in [1.165, 1.54) is 0 Å². The van der Waals surface area contributed by atoms with E-state index in [4.69, 9.17) is 44.6 Å². The Kier molecular flexibility index (Phi) is 18.4. The molecule has 2 aromatic carbocycles. The lowest BCUT2D eigenvalue weighted by Gasteiger charge is -2.19. The first-order chi connectivity index (χ1) is 35.0. The zero-order valence-corrected chi connectivity index (χ0v) is 50.0. The van der Waals surface area contributed by atoms with Gasteiger partial charge in [-0.1, -0.05) is 39.3 Å². The fourth-order valence-corrected chi connectivity index (χ4v) is 9.63. The second-order valence-electron chi connectivity index (χ2n) is 22.6. The molecule has 19 nitrogen and oxygen atoms in total. The highest BCUT2D eigenvalue weighted by Crippen LogP contribution is 2.36. The Morgan fingerprint density at radius 1 is 0.640 bits per heavy atom. The normalized spacial score (nSPS) is 12.2. The van der Waals surface area contributed by atoms with Gasteiger partial charge in [-0.3, -0.25) is 23.3 Å². The quantitative estimate of drug-likeness (QED) is 0.0542. The molecule has 0 radical (unpaired) electrons. The summed E-state index contributed by atoms with van der Waals surface area (Å²) in [5.74, 6) is 1.22. The average molecular weight is 1130 g/mol. The molecule has 0 aliphatic carbocycles. The topological polar surface area (TPSA) is 213 Å². The number of aryl methyl sites for hydroxylation is 2. The lowest BCUT2D eigenvalue weighted by molar-refractivity contribution is -0.154. The summed E-state index contributed by atoms with van der Waals surface area (Å²) in [6.45, 7) is 27.0. The van der Waals surface area contributed by atoms with Crippen molar-refractivity contribution in [1.29, 1.82) is 0 Å². The molecule has 0 fully saturated rings. The standard InChI is InChI=1S/C27H37N5O4Si.C21H26BrN5O2Si.C5H11NO2/c1-27(2,3)36-24(33)13-18-16-28-26-21(29-18)15-23(32(26)17-35-11-12-37(6,7)8)25-20-14-19(34-5)9-10-22(20)31(4)30-25;1-26-17-7-6-14(28-2)10-15(17)20(25-26)18-11-16-21(23-12-19(22)24-16)27(18)13-29-8-9-30(3,4)5;1-5(2,3)8-4(6)7/h9-10,14-16H,11-13,17H2,1-8H3;6-7,10-12H,8-9,13H2,1-5H3;1-3H3,(H2,6,7). The molecule has 1 amide bonds. The average Bonchev–Trinajstić information content (AvgIpc) is 4.03. The number of hydrogen-bond donors (Lipinski definition) is 1. The number of methoxy groups -OCH3 is 2. The van der Waals surface area contributed by atoms with E-state index in [1.807, 2.05) is 97.3 Å². The number of halogens is 1. The Balaban J connectivity index is 0.000000216. The number of benzene rings is 2. The number of esters is 1. The van der Waals surface area contributed by atoms with Gasteiger partial charge in [-0.05, 0) is 118 Å². The number of ether oxygens (including phenoxy) is 6. The lowest BCUT2D eigenvalue weighted by atomic mass is 10.1. The summed E-state index contributed by atoms with van der Waals surface area (Å²) in [5, 5.41) is 11.6. The van der Waals surface area contributed by atoms with Crippen molar-refractivity contribution in [3.05, 3.63) is 71.2 Å². The molecule has 6 aromatic heterocycles. The van der Waals surface area contributed by atoms with Gasteiger partial charge in [0.25, 0.3) is 0 Å². The van der Waals surface area contributed by atoms with Crippen LogP contribution in [0.5, 0.6) is 11.5 Å². The molecule has 22 heteroatoms. The fourth-order valence-electron chi connectivity index (χ4n) is 7.82. The number of hydrogen-bond acceptors (Lipinski definition) is 14. The van der Waals surface area contributed by atoms with Gasteiger partial charge in [-0.25, -0.2) is 24.7 Å². The summed E-state index contributed by atoms with van der Waals surface area (Å²) in [4.78, 5) is 41.0. The van der Waals surface area contributed by atoms with E-state index in [1.54, 1.807) is 47.4 Å². The Bertz CT molecular complexity index is 3290. The molecule has 0 bridgehead atoms. The van der Waals surface area contributed by atoms with Gasteiger partial charge in [0.15, 0.2) is 11.3 Å². The van der Waals surface area contributed by atoms with E-state index in [0.29, 0.717) is 41.5 Å². The largest absolute Gasteiger partial charge is 0.497 e. The van der Waals surface area contributed by atoms with Crippen molar-refractivity contribution in [2.24, 2.45) is 19.8 Å². The maximum Gasteiger partial charge on any atom is 0.405 e. The second-order valence-corrected chi connectivity index (χ2v) is 34.6. The smallest absolute Gasteiger partial charge is 0.405 e. The van der Waals surface area contributed by atoms with Gasteiger partial charge < -0.3 is 34.2 Å². The van der Waals surface area contributed by atoms with E-state index < -0.39 is 33.4 Å². The molecule has 404 valence electrons. The first-order valence-electron chi connectivity index (χ1n) is 24.8. The molecule has 75 heavy (non-hydrogen) atoms. The van der Waals surface area contributed by atoms with E-state index in [9.17, 15) is 9.59 Å². The molecule has 0 saturated heterocycles. The molecule has 0 unspecified atom stereocenters. The predicted octanol–water partition coefficient (Wildman–Crippen LogP) is 11.1. The molecule has 6 heterocycles. The van der Waals surface area contributed by atoms with Gasteiger partial charge in [0, 0.05) is 54.2 Å². The minimum Gasteiger partial charge on any atom is -0.497 e. The number of carbonyl (C=O) groups is 2. The Morgan fingerprint density at radius 2 is 1.08 bits per heavy atom. The third kappa shape index (κ3) is 15.9. The summed E-state index contributed by atoms with van der Waals surface area (Å²) < 4.78 is 41.7. The number of carbonyl (C=O) groups excluding carboxylic acids is 2. The van der Waals surface area contributed by atoms with Crippen molar-refractivity contribution in [3.8, 4) is 34.3 Å². The molecule has 8 rings (SSSR count). The van der Waals surface area contributed by atoms with Crippen molar-refractivity contribution >= 4 is 88.3 Å². The van der Waals surface area contributed by atoms with Crippen LogP contribution < -0.4 is 15.2 Å². The third-order valence-electron chi connectivity index (χ3n) is 11.4. The van der Waals surface area contributed by atoms with Crippen LogP contribution in [-0.4, -0.2) is 115 Å². The Hall–Kier alpha value is -6.21. The molecular formula is C53H74BrN11O8Si2. The number of primary amides is 1. The van der Waals surface area contributed by atoms with Crippen LogP contribution in [0.2, 0.25) is 51.4 Å². The van der Waals surface area contributed by atoms with Crippen molar-refractivity contribution in [3.63, 3.8) is 0 Å². The van der Waals surface area contributed by atoms with Crippen LogP contribution in [-0.2, 0) is 57.7 Å². The lowest BCUT2D eigenvalue weighted by Crippen LogP contribution is -2.27. The van der Waals surface area contributed by atoms with Gasteiger partial charge in [-0.15, -0.1) is 0 Å². The number of rotatable bonds is 16. The molecule has 2 N–H and O–H groups in total. The Morgan fingerprint density at radius 3 is 1.48 bits per heavy atom. The summed E-state index contributed by atoms with van der Waals surface area (Å²) >= 11 is 3.43.